The third-order valence-corrected chi connectivity index (χ3v) is 4.09. The SMILES string of the molecule is CC(=O)c1cccc(Nc2nc(C)cc(NC3CCCC3)n2)c1. The van der Waals surface area contributed by atoms with Crippen LogP contribution in [-0.4, -0.2) is 21.8 Å². The van der Waals surface area contributed by atoms with Crippen LogP contribution in [0.1, 0.15) is 48.7 Å². The number of nitrogens with one attached hydrogen (secondary N) is 2. The maximum atomic E-state index is 11.5. The van der Waals surface area contributed by atoms with E-state index in [0.717, 1.165) is 17.2 Å². The van der Waals surface area contributed by atoms with Gasteiger partial charge in [0, 0.05) is 29.1 Å². The quantitative estimate of drug-likeness (QED) is 0.814. The Kier molecular flexibility index (Phi) is 4.55. The van der Waals surface area contributed by atoms with Gasteiger partial charge in [-0.2, -0.15) is 4.98 Å². The number of rotatable bonds is 5. The van der Waals surface area contributed by atoms with Crippen LogP contribution in [0.25, 0.3) is 0 Å². The second kappa shape index (κ2) is 6.77. The molecule has 2 N–H and O–H groups in total. The van der Waals surface area contributed by atoms with E-state index in [1.165, 1.54) is 25.7 Å². The molecule has 0 aliphatic heterocycles. The number of hydrogen-bond acceptors (Lipinski definition) is 5. The van der Waals surface area contributed by atoms with Crippen molar-refractivity contribution >= 4 is 23.2 Å². The third kappa shape index (κ3) is 4.06. The van der Waals surface area contributed by atoms with Crippen molar-refractivity contribution in [1.29, 1.82) is 0 Å². The highest BCUT2D eigenvalue weighted by atomic mass is 16.1. The average molecular weight is 310 g/mol. The number of benzene rings is 1. The first-order chi connectivity index (χ1) is 11.1. The summed E-state index contributed by atoms with van der Waals surface area (Å²) in [6.45, 7) is 3.52. The van der Waals surface area contributed by atoms with E-state index in [9.17, 15) is 4.79 Å². The van der Waals surface area contributed by atoms with E-state index in [-0.39, 0.29) is 5.78 Å². The van der Waals surface area contributed by atoms with E-state index in [1.807, 2.05) is 31.2 Å². The van der Waals surface area contributed by atoms with Gasteiger partial charge >= 0.3 is 0 Å². The molecule has 2 aromatic rings. The van der Waals surface area contributed by atoms with Gasteiger partial charge in [-0.25, -0.2) is 4.98 Å². The lowest BCUT2D eigenvalue weighted by Crippen LogP contribution is -2.16. The molecular weight excluding hydrogens is 288 g/mol. The van der Waals surface area contributed by atoms with Gasteiger partial charge in [-0.15, -0.1) is 0 Å². The number of aryl methyl sites for hydroxylation is 1. The molecule has 0 saturated heterocycles. The van der Waals surface area contributed by atoms with Crippen LogP contribution in [-0.2, 0) is 0 Å². The zero-order valence-corrected chi connectivity index (χ0v) is 13.6. The van der Waals surface area contributed by atoms with Crippen LogP contribution in [0, 0.1) is 6.92 Å². The van der Waals surface area contributed by atoms with E-state index in [0.29, 0.717) is 17.6 Å². The number of anilines is 3. The van der Waals surface area contributed by atoms with Crippen molar-refractivity contribution in [3.8, 4) is 0 Å². The zero-order valence-electron chi connectivity index (χ0n) is 13.6. The lowest BCUT2D eigenvalue weighted by Gasteiger charge is -2.14. The van der Waals surface area contributed by atoms with Crippen molar-refractivity contribution < 1.29 is 4.79 Å². The van der Waals surface area contributed by atoms with Crippen molar-refractivity contribution in [3.05, 3.63) is 41.6 Å². The average Bonchev–Trinajstić information content (AvgIpc) is 2.99. The summed E-state index contributed by atoms with van der Waals surface area (Å²) in [5, 5.41) is 6.68. The second-order valence-electron chi connectivity index (χ2n) is 6.11. The van der Waals surface area contributed by atoms with Gasteiger partial charge in [0.1, 0.15) is 5.82 Å². The van der Waals surface area contributed by atoms with Gasteiger partial charge in [-0.3, -0.25) is 4.79 Å². The molecule has 1 aromatic carbocycles. The molecule has 3 rings (SSSR count). The van der Waals surface area contributed by atoms with Crippen LogP contribution < -0.4 is 10.6 Å². The van der Waals surface area contributed by atoms with Crippen molar-refractivity contribution in [2.45, 2.75) is 45.6 Å². The summed E-state index contributed by atoms with van der Waals surface area (Å²) >= 11 is 0. The highest BCUT2D eigenvalue weighted by molar-refractivity contribution is 5.95. The highest BCUT2D eigenvalue weighted by Crippen LogP contribution is 2.23. The lowest BCUT2D eigenvalue weighted by atomic mass is 10.1. The molecule has 1 aliphatic carbocycles. The molecule has 0 unspecified atom stereocenters. The number of ketones is 1. The molecule has 0 bridgehead atoms. The Hall–Kier alpha value is -2.43. The van der Waals surface area contributed by atoms with Crippen LogP contribution in [0.4, 0.5) is 17.5 Å². The number of carbonyl (C=O) groups is 1. The van der Waals surface area contributed by atoms with Crippen molar-refractivity contribution in [2.24, 2.45) is 0 Å². The molecule has 1 aromatic heterocycles. The fourth-order valence-electron chi connectivity index (χ4n) is 2.92. The summed E-state index contributed by atoms with van der Waals surface area (Å²) in [7, 11) is 0. The van der Waals surface area contributed by atoms with Crippen LogP contribution >= 0.6 is 0 Å². The van der Waals surface area contributed by atoms with Crippen LogP contribution in [0.5, 0.6) is 0 Å². The topological polar surface area (TPSA) is 66.9 Å². The van der Waals surface area contributed by atoms with Crippen LogP contribution in [0.3, 0.4) is 0 Å². The van der Waals surface area contributed by atoms with Crippen molar-refractivity contribution in [2.75, 3.05) is 10.6 Å². The summed E-state index contributed by atoms with van der Waals surface area (Å²) < 4.78 is 0. The molecule has 1 heterocycles. The standard InChI is InChI=1S/C18H22N4O/c1-12-10-17(20-15-7-3-4-8-15)22-18(19-12)21-16-9-5-6-14(11-16)13(2)23/h5-6,9-11,15H,3-4,7-8H2,1-2H3,(H2,19,20,21,22). The molecule has 0 spiro atoms. The fraction of sp³-hybridized carbons (Fsp3) is 0.389. The number of aromatic nitrogens is 2. The normalized spacial score (nSPS) is 14.7. The molecule has 120 valence electrons. The minimum Gasteiger partial charge on any atom is -0.367 e. The van der Waals surface area contributed by atoms with Crippen molar-refractivity contribution in [3.63, 3.8) is 0 Å². The minimum absolute atomic E-state index is 0.0439. The molecular formula is C18H22N4O. The molecule has 23 heavy (non-hydrogen) atoms. The maximum Gasteiger partial charge on any atom is 0.229 e. The van der Waals surface area contributed by atoms with Gasteiger partial charge in [0.2, 0.25) is 5.95 Å². The first-order valence-corrected chi connectivity index (χ1v) is 8.10. The molecule has 0 atom stereocenters. The molecule has 0 radical (unpaired) electrons. The van der Waals surface area contributed by atoms with E-state index in [2.05, 4.69) is 20.6 Å². The summed E-state index contributed by atoms with van der Waals surface area (Å²) in [5.74, 6) is 1.45. The molecule has 5 nitrogen and oxygen atoms in total. The minimum atomic E-state index is 0.0439. The van der Waals surface area contributed by atoms with Crippen LogP contribution in [0.15, 0.2) is 30.3 Å². The first-order valence-electron chi connectivity index (χ1n) is 8.10. The molecule has 1 saturated carbocycles. The molecule has 0 amide bonds. The Morgan fingerprint density at radius 2 is 1.96 bits per heavy atom. The summed E-state index contributed by atoms with van der Waals surface area (Å²) in [5.41, 5.74) is 2.40. The van der Waals surface area contributed by atoms with Gasteiger partial charge < -0.3 is 10.6 Å². The molecule has 1 fully saturated rings. The van der Waals surface area contributed by atoms with Gasteiger partial charge in [0.05, 0.1) is 0 Å². The Labute approximate surface area is 136 Å². The van der Waals surface area contributed by atoms with E-state index < -0.39 is 0 Å². The molecule has 5 heteroatoms. The first kappa shape index (κ1) is 15.5. The number of nitrogens with zero attached hydrogens (tertiary/aromatic N) is 2. The number of hydrogen-bond donors (Lipinski definition) is 2. The Bertz CT molecular complexity index is 708. The largest absolute Gasteiger partial charge is 0.367 e. The van der Waals surface area contributed by atoms with E-state index in [4.69, 9.17) is 0 Å². The Morgan fingerprint density at radius 3 is 2.70 bits per heavy atom. The zero-order chi connectivity index (χ0) is 16.2. The summed E-state index contributed by atoms with van der Waals surface area (Å²) in [6, 6.07) is 9.86. The smallest absolute Gasteiger partial charge is 0.229 e. The lowest BCUT2D eigenvalue weighted by molar-refractivity contribution is 0.101. The van der Waals surface area contributed by atoms with E-state index in [1.54, 1.807) is 13.0 Å². The highest BCUT2D eigenvalue weighted by Gasteiger charge is 2.15. The van der Waals surface area contributed by atoms with Crippen LogP contribution in [0.2, 0.25) is 0 Å². The number of carbonyl (C=O) groups excluding carboxylic acids is 1. The predicted molar refractivity (Wildman–Crippen MR) is 92.4 cm³/mol. The third-order valence-electron chi connectivity index (χ3n) is 4.09. The number of Topliss-reactive ketones (excluding diaryl/α,β-unsaturated/α-hetero) is 1. The summed E-state index contributed by atoms with van der Waals surface area (Å²) in [6.07, 6.45) is 4.97. The van der Waals surface area contributed by atoms with E-state index >= 15 is 0 Å². The maximum absolute atomic E-state index is 11.5. The van der Waals surface area contributed by atoms with Gasteiger partial charge in [0.15, 0.2) is 5.78 Å². The summed E-state index contributed by atoms with van der Waals surface area (Å²) in [4.78, 5) is 20.5. The molecule has 1 aliphatic rings. The monoisotopic (exact) mass is 310 g/mol. The fourth-order valence-corrected chi connectivity index (χ4v) is 2.92. The van der Waals surface area contributed by atoms with Crippen molar-refractivity contribution in [1.82, 2.24) is 9.97 Å². The Morgan fingerprint density at radius 1 is 1.17 bits per heavy atom. The van der Waals surface area contributed by atoms with Gasteiger partial charge in [-0.05, 0) is 38.8 Å². The second-order valence-corrected chi connectivity index (χ2v) is 6.11. The van der Waals surface area contributed by atoms with Gasteiger partial charge in [-0.1, -0.05) is 25.0 Å². The Balaban J connectivity index is 1.78. The van der Waals surface area contributed by atoms with Gasteiger partial charge in [0.25, 0.3) is 0 Å². The predicted octanol–water partition coefficient (Wildman–Crippen LogP) is 4.09.